The van der Waals surface area contributed by atoms with Crippen LogP contribution in [-0.2, 0) is 37.5 Å². The van der Waals surface area contributed by atoms with Gasteiger partial charge in [-0.15, -0.1) is 0 Å². The molecule has 1 unspecified atom stereocenters. The number of rotatable bonds is 41. The molecular formula is C48H90NO12P. The standard InChI is InChI=1S/C48H90NO12P/c1-6-8-10-11-12-13-14-15-16-17-18-19-20-21-22-23-25-31-48(55)61-42(39-60-62(56,57)59-35-34-49(3,4)5)38-58-47(54)30-27-26-29-41(51)36-44-43(45(52)37-46(44)53)33-32-40(50)28-24-9-7-2/h32-33,40,42-46,50,52-53H,6-31,34-39H2,1-5H3/b33-32+/t40-,42+,43+,44+,45+,46-/m0/s1. The molecule has 0 aromatic carbocycles. The van der Waals surface area contributed by atoms with Crippen LogP contribution in [0.3, 0.4) is 0 Å². The van der Waals surface area contributed by atoms with Crippen molar-refractivity contribution in [2.24, 2.45) is 11.8 Å². The van der Waals surface area contributed by atoms with Crippen molar-refractivity contribution < 1.29 is 62.2 Å². The minimum absolute atomic E-state index is 0.00563. The van der Waals surface area contributed by atoms with Gasteiger partial charge in [0.25, 0.3) is 7.82 Å². The lowest BCUT2D eigenvalue weighted by Gasteiger charge is -2.28. The molecule has 364 valence electrons. The summed E-state index contributed by atoms with van der Waals surface area (Å²) in [6.07, 6.45) is 25.8. The molecule has 0 bridgehead atoms. The zero-order chi connectivity index (χ0) is 46.1. The van der Waals surface area contributed by atoms with Gasteiger partial charge in [0, 0.05) is 43.9 Å². The predicted molar refractivity (Wildman–Crippen MR) is 243 cm³/mol. The summed E-state index contributed by atoms with van der Waals surface area (Å²) in [5.74, 6) is -2.09. The van der Waals surface area contributed by atoms with Crippen LogP contribution in [-0.4, -0.2) is 109 Å². The highest BCUT2D eigenvalue weighted by Gasteiger charge is 2.41. The number of hydrogen-bond acceptors (Lipinski definition) is 12. The van der Waals surface area contributed by atoms with E-state index >= 15 is 0 Å². The summed E-state index contributed by atoms with van der Waals surface area (Å²) < 4.78 is 33.8. The number of unbranched alkanes of at least 4 members (excludes halogenated alkanes) is 19. The highest BCUT2D eigenvalue weighted by Crippen LogP contribution is 2.39. The largest absolute Gasteiger partial charge is 0.756 e. The number of hydrogen-bond donors (Lipinski definition) is 3. The van der Waals surface area contributed by atoms with Crippen LogP contribution in [0.5, 0.6) is 0 Å². The molecule has 3 N–H and O–H groups in total. The number of nitrogens with zero attached hydrogens (tertiary/aromatic N) is 1. The first kappa shape index (κ1) is 58.3. The van der Waals surface area contributed by atoms with Crippen molar-refractivity contribution in [2.45, 2.75) is 218 Å². The summed E-state index contributed by atoms with van der Waals surface area (Å²) in [6.45, 7) is 3.72. The van der Waals surface area contributed by atoms with Gasteiger partial charge in [-0.3, -0.25) is 18.9 Å². The van der Waals surface area contributed by atoms with E-state index in [-0.39, 0.29) is 44.5 Å². The molecule has 0 radical (unpaired) electrons. The second-order valence-corrected chi connectivity index (χ2v) is 20.2. The number of Topliss-reactive ketones (excluding diaryl/α,β-unsaturated/α-hetero) is 1. The summed E-state index contributed by atoms with van der Waals surface area (Å²) in [6, 6.07) is 0. The van der Waals surface area contributed by atoms with Gasteiger partial charge in [0.1, 0.15) is 25.5 Å². The summed E-state index contributed by atoms with van der Waals surface area (Å²) in [7, 11) is 0.973. The maximum Gasteiger partial charge on any atom is 0.306 e. The second-order valence-electron chi connectivity index (χ2n) is 18.8. The number of phosphoric acid groups is 1. The van der Waals surface area contributed by atoms with Gasteiger partial charge in [-0.2, -0.15) is 0 Å². The number of ether oxygens (including phenoxy) is 2. The minimum Gasteiger partial charge on any atom is -0.756 e. The van der Waals surface area contributed by atoms with E-state index in [0.717, 1.165) is 38.5 Å². The van der Waals surface area contributed by atoms with Gasteiger partial charge in [-0.05, 0) is 25.7 Å². The quantitative estimate of drug-likeness (QED) is 0.0174. The summed E-state index contributed by atoms with van der Waals surface area (Å²) in [5.41, 5.74) is 0. The first-order valence-corrected chi connectivity index (χ1v) is 26.0. The third-order valence-corrected chi connectivity index (χ3v) is 12.7. The lowest BCUT2D eigenvalue weighted by molar-refractivity contribution is -0.870. The number of quaternary nitrogens is 1. The molecule has 1 fully saturated rings. The van der Waals surface area contributed by atoms with E-state index in [2.05, 4.69) is 13.8 Å². The predicted octanol–water partition coefficient (Wildman–Crippen LogP) is 9.07. The highest BCUT2D eigenvalue weighted by molar-refractivity contribution is 7.45. The van der Waals surface area contributed by atoms with E-state index in [1.54, 1.807) is 12.2 Å². The van der Waals surface area contributed by atoms with Gasteiger partial charge in [-0.1, -0.05) is 148 Å². The molecule has 0 spiro atoms. The topological polar surface area (TPSA) is 189 Å². The smallest absolute Gasteiger partial charge is 0.306 e. The van der Waals surface area contributed by atoms with Crippen molar-refractivity contribution in [3.63, 3.8) is 0 Å². The molecule has 1 saturated carbocycles. The molecule has 1 aliphatic rings. The van der Waals surface area contributed by atoms with E-state index in [9.17, 15) is 39.2 Å². The zero-order valence-corrected chi connectivity index (χ0v) is 40.6. The van der Waals surface area contributed by atoms with Gasteiger partial charge < -0.3 is 43.2 Å². The van der Waals surface area contributed by atoms with Gasteiger partial charge in [0.05, 0.1) is 46.1 Å². The number of aliphatic hydroxyl groups is 3. The van der Waals surface area contributed by atoms with Gasteiger partial charge in [0.15, 0.2) is 6.10 Å². The third kappa shape index (κ3) is 32.0. The van der Waals surface area contributed by atoms with E-state index in [1.807, 2.05) is 21.1 Å². The molecule has 0 aliphatic heterocycles. The number of carbonyl (C=O) groups is 3. The molecule has 62 heavy (non-hydrogen) atoms. The molecule has 0 saturated heterocycles. The number of esters is 2. The summed E-state index contributed by atoms with van der Waals surface area (Å²) >= 11 is 0. The molecule has 0 heterocycles. The first-order valence-electron chi connectivity index (χ1n) is 24.6. The maximum absolute atomic E-state index is 12.9. The fourth-order valence-corrected chi connectivity index (χ4v) is 8.56. The van der Waals surface area contributed by atoms with E-state index in [1.165, 1.54) is 83.5 Å². The fraction of sp³-hybridized carbons (Fsp3) is 0.896. The molecule has 7 atom stereocenters. The Morgan fingerprint density at radius 3 is 1.76 bits per heavy atom. The number of ketones is 1. The van der Waals surface area contributed by atoms with Crippen LogP contribution in [0, 0.1) is 11.8 Å². The van der Waals surface area contributed by atoms with Crippen LogP contribution in [0.4, 0.5) is 0 Å². The molecule has 0 aromatic heterocycles. The average molecular weight is 904 g/mol. The monoisotopic (exact) mass is 904 g/mol. The number of phosphoric ester groups is 1. The lowest BCUT2D eigenvalue weighted by Crippen LogP contribution is -2.37. The van der Waals surface area contributed by atoms with Crippen LogP contribution < -0.4 is 4.89 Å². The fourth-order valence-electron chi connectivity index (χ4n) is 7.83. The molecule has 1 aliphatic carbocycles. The van der Waals surface area contributed by atoms with E-state index < -0.39 is 69.2 Å². The molecule has 0 aromatic rings. The Morgan fingerprint density at radius 2 is 1.19 bits per heavy atom. The zero-order valence-electron chi connectivity index (χ0n) is 39.7. The SMILES string of the molecule is CCCCCCCCCCCCCCCCCCCC(=O)O[C@H](COC(=O)CCCCC(=O)C[C@@H]1[C@@H](/C=C/[C@@H](O)CCCCC)[C@H](O)C[C@@H]1O)COP(=O)([O-])OCC[N+](C)(C)C. The van der Waals surface area contributed by atoms with Crippen molar-refractivity contribution in [1.29, 1.82) is 0 Å². The summed E-state index contributed by atoms with van der Waals surface area (Å²) in [5, 5.41) is 31.4. The molecule has 1 rings (SSSR count). The Bertz CT molecular complexity index is 1240. The van der Waals surface area contributed by atoms with Crippen molar-refractivity contribution >= 4 is 25.5 Å². The van der Waals surface area contributed by atoms with Crippen LogP contribution in [0.15, 0.2) is 12.2 Å². The maximum atomic E-state index is 12.9. The average Bonchev–Trinajstić information content (AvgIpc) is 3.47. The lowest BCUT2D eigenvalue weighted by atomic mass is 9.87. The molecule has 14 heteroatoms. The first-order chi connectivity index (χ1) is 29.6. The van der Waals surface area contributed by atoms with Crippen molar-refractivity contribution in [2.75, 3.05) is 47.5 Å². The Kier molecular flexibility index (Phi) is 33.4. The third-order valence-electron chi connectivity index (χ3n) is 11.8. The Balaban J connectivity index is 2.46. The Morgan fingerprint density at radius 1 is 0.694 bits per heavy atom. The molecule has 13 nitrogen and oxygen atoms in total. The van der Waals surface area contributed by atoms with Crippen molar-refractivity contribution in [1.82, 2.24) is 0 Å². The molecular weight excluding hydrogens is 813 g/mol. The highest BCUT2D eigenvalue weighted by atomic mass is 31.2. The molecule has 0 amide bonds. The van der Waals surface area contributed by atoms with Crippen molar-refractivity contribution in [3.05, 3.63) is 12.2 Å². The van der Waals surface area contributed by atoms with E-state index in [0.29, 0.717) is 36.7 Å². The summed E-state index contributed by atoms with van der Waals surface area (Å²) in [4.78, 5) is 50.7. The second kappa shape index (κ2) is 35.5. The van der Waals surface area contributed by atoms with Crippen LogP contribution in [0.25, 0.3) is 0 Å². The Labute approximate surface area is 376 Å². The minimum atomic E-state index is -4.72. The van der Waals surface area contributed by atoms with Crippen LogP contribution in [0.1, 0.15) is 194 Å². The van der Waals surface area contributed by atoms with E-state index in [4.69, 9.17) is 18.5 Å². The van der Waals surface area contributed by atoms with Gasteiger partial charge >= 0.3 is 11.9 Å². The van der Waals surface area contributed by atoms with Gasteiger partial charge in [-0.25, -0.2) is 0 Å². The van der Waals surface area contributed by atoms with Crippen LogP contribution >= 0.6 is 7.82 Å². The number of carbonyl (C=O) groups excluding carboxylic acids is 3. The normalized spacial score (nSPS) is 20.0. The van der Waals surface area contributed by atoms with Crippen molar-refractivity contribution in [3.8, 4) is 0 Å². The number of likely N-dealkylation sites (N-methyl/N-ethyl adjacent to an activating group) is 1. The van der Waals surface area contributed by atoms with Crippen LogP contribution in [0.2, 0.25) is 0 Å². The number of aliphatic hydroxyl groups excluding tert-OH is 3. The van der Waals surface area contributed by atoms with Gasteiger partial charge in [0.2, 0.25) is 0 Å². The Hall–Kier alpha value is -1.70.